The van der Waals surface area contributed by atoms with Gasteiger partial charge >= 0.3 is 0 Å². The summed E-state index contributed by atoms with van der Waals surface area (Å²) in [6.07, 6.45) is 1.02. The Labute approximate surface area is 132 Å². The van der Waals surface area contributed by atoms with Crippen molar-refractivity contribution >= 4 is 21.7 Å². The van der Waals surface area contributed by atoms with Crippen LogP contribution in [0.4, 0.5) is 4.39 Å². The first-order valence-corrected chi connectivity index (χ1v) is 7.53. The van der Waals surface area contributed by atoms with E-state index in [1.165, 1.54) is 24.3 Å². The number of carbonyl (C=O) groups is 1. The molecule has 2 aromatic rings. The first-order chi connectivity index (χ1) is 10.1. The zero-order chi connectivity index (χ0) is 15.2. The molecule has 0 fully saturated rings. The highest BCUT2D eigenvalue weighted by Crippen LogP contribution is 2.21. The number of ketones is 1. The maximum Gasteiger partial charge on any atom is 0.163 e. The Bertz CT molecular complexity index is 623. The minimum Gasteiger partial charge on any atom is -0.494 e. The average Bonchev–Trinajstić information content (AvgIpc) is 2.47. The monoisotopic (exact) mass is 350 g/mol. The van der Waals surface area contributed by atoms with E-state index >= 15 is 0 Å². The van der Waals surface area contributed by atoms with Gasteiger partial charge in [-0.15, -0.1) is 0 Å². The number of halogens is 2. The van der Waals surface area contributed by atoms with Gasteiger partial charge < -0.3 is 4.74 Å². The van der Waals surface area contributed by atoms with Gasteiger partial charge in [0.05, 0.1) is 6.61 Å². The van der Waals surface area contributed by atoms with Crippen LogP contribution in [0.25, 0.3) is 0 Å². The van der Waals surface area contributed by atoms with Crippen LogP contribution < -0.4 is 4.74 Å². The van der Waals surface area contributed by atoms with Crippen LogP contribution in [0.3, 0.4) is 0 Å². The third-order valence-electron chi connectivity index (χ3n) is 3.11. The molecule has 0 saturated carbocycles. The molecule has 110 valence electrons. The Balaban J connectivity index is 1.77. The second kappa shape index (κ2) is 7.36. The Morgan fingerprint density at radius 2 is 1.90 bits per heavy atom. The highest BCUT2D eigenvalue weighted by Gasteiger charge is 2.06. The van der Waals surface area contributed by atoms with Gasteiger partial charge in [-0.25, -0.2) is 4.39 Å². The topological polar surface area (TPSA) is 26.3 Å². The molecule has 0 aliphatic heterocycles. The van der Waals surface area contributed by atoms with E-state index in [9.17, 15) is 9.18 Å². The summed E-state index contributed by atoms with van der Waals surface area (Å²) in [4.78, 5) is 11.9. The number of rotatable bonds is 6. The molecular formula is C17H16BrFO2. The van der Waals surface area contributed by atoms with Gasteiger partial charge in [0.1, 0.15) is 11.6 Å². The first kappa shape index (κ1) is 15.7. The summed E-state index contributed by atoms with van der Waals surface area (Å²) in [5, 5.41) is 0. The molecule has 0 aliphatic rings. The lowest BCUT2D eigenvalue weighted by Crippen LogP contribution is -2.04. The maximum absolute atomic E-state index is 12.8. The third kappa shape index (κ3) is 4.67. The minimum absolute atomic E-state index is 0.00517. The highest BCUT2D eigenvalue weighted by molar-refractivity contribution is 9.10. The second-order valence-electron chi connectivity index (χ2n) is 4.79. The van der Waals surface area contributed by atoms with Gasteiger partial charge in [-0.05, 0) is 61.4 Å². The van der Waals surface area contributed by atoms with Crippen LogP contribution in [0, 0.1) is 12.7 Å². The Morgan fingerprint density at radius 3 is 2.57 bits per heavy atom. The van der Waals surface area contributed by atoms with Crippen LogP contribution in [-0.2, 0) is 0 Å². The molecule has 0 saturated heterocycles. The van der Waals surface area contributed by atoms with E-state index in [0.717, 1.165) is 15.8 Å². The normalized spacial score (nSPS) is 10.4. The van der Waals surface area contributed by atoms with E-state index in [-0.39, 0.29) is 11.6 Å². The molecular weight excluding hydrogens is 335 g/mol. The summed E-state index contributed by atoms with van der Waals surface area (Å²) in [5.74, 6) is 0.469. The molecule has 2 aromatic carbocycles. The van der Waals surface area contributed by atoms with E-state index in [4.69, 9.17) is 4.74 Å². The number of hydrogen-bond acceptors (Lipinski definition) is 2. The molecule has 0 N–H and O–H groups in total. The SMILES string of the molecule is Cc1cc(OCCCC(=O)c2ccc(F)cc2)ccc1Br. The minimum atomic E-state index is -0.333. The lowest BCUT2D eigenvalue weighted by atomic mass is 10.1. The molecule has 21 heavy (non-hydrogen) atoms. The zero-order valence-corrected chi connectivity index (χ0v) is 13.3. The van der Waals surface area contributed by atoms with Crippen molar-refractivity contribution in [1.82, 2.24) is 0 Å². The van der Waals surface area contributed by atoms with Crippen molar-refractivity contribution in [3.05, 3.63) is 63.9 Å². The van der Waals surface area contributed by atoms with Crippen LogP contribution in [0.5, 0.6) is 5.75 Å². The molecule has 4 heteroatoms. The van der Waals surface area contributed by atoms with Crippen LogP contribution in [-0.4, -0.2) is 12.4 Å². The van der Waals surface area contributed by atoms with Crippen LogP contribution >= 0.6 is 15.9 Å². The lowest BCUT2D eigenvalue weighted by Gasteiger charge is -2.07. The molecule has 0 radical (unpaired) electrons. The molecule has 0 heterocycles. The van der Waals surface area contributed by atoms with Crippen LogP contribution in [0.2, 0.25) is 0 Å². The number of aryl methyl sites for hydroxylation is 1. The van der Waals surface area contributed by atoms with Gasteiger partial charge in [0.25, 0.3) is 0 Å². The summed E-state index contributed by atoms with van der Waals surface area (Å²) >= 11 is 3.43. The Kier molecular flexibility index (Phi) is 5.51. The fourth-order valence-corrected chi connectivity index (χ4v) is 2.16. The summed E-state index contributed by atoms with van der Waals surface area (Å²) in [7, 11) is 0. The summed E-state index contributed by atoms with van der Waals surface area (Å²) < 4.78 is 19.4. The average molecular weight is 351 g/mol. The molecule has 0 spiro atoms. The maximum atomic E-state index is 12.8. The second-order valence-corrected chi connectivity index (χ2v) is 5.65. The fraction of sp³-hybridized carbons (Fsp3) is 0.235. The number of benzene rings is 2. The largest absolute Gasteiger partial charge is 0.494 e. The number of ether oxygens (including phenoxy) is 1. The molecule has 0 aliphatic carbocycles. The van der Waals surface area contributed by atoms with Crippen molar-refractivity contribution in [2.45, 2.75) is 19.8 Å². The molecule has 2 nitrogen and oxygen atoms in total. The van der Waals surface area contributed by atoms with Gasteiger partial charge in [-0.2, -0.15) is 0 Å². The third-order valence-corrected chi connectivity index (χ3v) is 4.00. The lowest BCUT2D eigenvalue weighted by molar-refractivity contribution is 0.0973. The van der Waals surface area contributed by atoms with Gasteiger partial charge in [0, 0.05) is 16.5 Å². The van der Waals surface area contributed by atoms with E-state index in [2.05, 4.69) is 15.9 Å². The zero-order valence-electron chi connectivity index (χ0n) is 11.7. The standard InChI is InChI=1S/C17H16BrFO2/c1-12-11-15(8-9-16(12)18)21-10-2-3-17(20)13-4-6-14(19)7-5-13/h4-9,11H,2-3,10H2,1H3. The Hall–Kier alpha value is -1.68. The van der Waals surface area contributed by atoms with Crippen LogP contribution in [0.15, 0.2) is 46.9 Å². The fourth-order valence-electron chi connectivity index (χ4n) is 1.91. The van der Waals surface area contributed by atoms with Crippen molar-refractivity contribution in [1.29, 1.82) is 0 Å². The van der Waals surface area contributed by atoms with Gasteiger partial charge in [-0.3, -0.25) is 4.79 Å². The van der Waals surface area contributed by atoms with E-state index < -0.39 is 0 Å². The molecule has 2 rings (SSSR count). The first-order valence-electron chi connectivity index (χ1n) is 6.74. The van der Waals surface area contributed by atoms with Crippen molar-refractivity contribution in [3.8, 4) is 5.75 Å². The summed E-state index contributed by atoms with van der Waals surface area (Å²) in [6.45, 7) is 2.48. The van der Waals surface area contributed by atoms with Crippen molar-refractivity contribution in [2.24, 2.45) is 0 Å². The van der Waals surface area contributed by atoms with Crippen molar-refractivity contribution in [3.63, 3.8) is 0 Å². The van der Waals surface area contributed by atoms with Gasteiger partial charge in [0.15, 0.2) is 5.78 Å². The number of carbonyl (C=O) groups excluding carboxylic acids is 1. The predicted octanol–water partition coefficient (Wildman–Crippen LogP) is 4.94. The molecule has 0 bridgehead atoms. The van der Waals surface area contributed by atoms with Gasteiger partial charge in [-0.1, -0.05) is 15.9 Å². The molecule has 0 atom stereocenters. The van der Waals surface area contributed by atoms with E-state index in [1.807, 2.05) is 25.1 Å². The number of hydrogen-bond donors (Lipinski definition) is 0. The van der Waals surface area contributed by atoms with E-state index in [0.29, 0.717) is 25.0 Å². The Morgan fingerprint density at radius 1 is 1.19 bits per heavy atom. The molecule has 0 amide bonds. The van der Waals surface area contributed by atoms with Crippen molar-refractivity contribution < 1.29 is 13.9 Å². The predicted molar refractivity (Wildman–Crippen MR) is 84.3 cm³/mol. The number of Topliss-reactive ketones (excluding diaryl/α,β-unsaturated/α-hetero) is 1. The van der Waals surface area contributed by atoms with Crippen molar-refractivity contribution in [2.75, 3.05) is 6.61 Å². The quantitative estimate of drug-likeness (QED) is 0.544. The summed E-state index contributed by atoms with van der Waals surface area (Å²) in [5.41, 5.74) is 1.64. The highest BCUT2D eigenvalue weighted by atomic mass is 79.9. The smallest absolute Gasteiger partial charge is 0.163 e. The van der Waals surface area contributed by atoms with Crippen LogP contribution in [0.1, 0.15) is 28.8 Å². The molecule has 0 unspecified atom stereocenters. The van der Waals surface area contributed by atoms with E-state index in [1.54, 1.807) is 0 Å². The molecule has 0 aromatic heterocycles. The van der Waals surface area contributed by atoms with Gasteiger partial charge in [0.2, 0.25) is 0 Å². The summed E-state index contributed by atoms with van der Waals surface area (Å²) in [6, 6.07) is 11.4.